The number of rotatable bonds is 2. The third kappa shape index (κ3) is 1.31. The van der Waals surface area contributed by atoms with E-state index in [1.165, 1.54) is 0 Å². The van der Waals surface area contributed by atoms with Crippen molar-refractivity contribution in [2.75, 3.05) is 0 Å². The maximum atomic E-state index is 4.02. The number of nitrogens with one attached hydrogen (secondary N) is 1. The Morgan fingerprint density at radius 3 is 2.56 bits per heavy atom. The molecule has 0 aliphatic rings. The van der Waals surface area contributed by atoms with E-state index in [4.69, 9.17) is 0 Å². The summed E-state index contributed by atoms with van der Waals surface area (Å²) in [6.07, 6.45) is 1.96. The predicted molar refractivity (Wildman–Crippen MR) is 36.2 cm³/mol. The highest BCUT2D eigenvalue weighted by Gasteiger charge is 1.94. The van der Waals surface area contributed by atoms with Crippen LogP contribution in [0.5, 0.6) is 0 Å². The van der Waals surface area contributed by atoms with Crippen molar-refractivity contribution in [1.82, 2.24) is 10.2 Å². The minimum Gasteiger partial charge on any atom is -0.282 e. The molecule has 0 aromatic carbocycles. The van der Waals surface area contributed by atoms with E-state index in [0.29, 0.717) is 0 Å². The van der Waals surface area contributed by atoms with E-state index < -0.39 is 0 Å². The second kappa shape index (κ2) is 2.67. The van der Waals surface area contributed by atoms with Gasteiger partial charge in [0.25, 0.3) is 0 Å². The van der Waals surface area contributed by atoms with Crippen LogP contribution >= 0.6 is 0 Å². The third-order valence-corrected chi connectivity index (χ3v) is 1.31. The van der Waals surface area contributed by atoms with Crippen molar-refractivity contribution in [2.24, 2.45) is 0 Å². The lowest BCUT2D eigenvalue weighted by Gasteiger charge is -1.79. The van der Waals surface area contributed by atoms with E-state index in [-0.39, 0.29) is 0 Å². The van der Waals surface area contributed by atoms with Gasteiger partial charge in [0.05, 0.1) is 5.69 Å². The fraction of sp³-hybridized carbons (Fsp3) is 0.571. The van der Waals surface area contributed by atoms with Crippen LogP contribution in [0.3, 0.4) is 0 Å². The SMILES string of the molecule is CCc1[c]c(CC)[nH]n1. The summed E-state index contributed by atoms with van der Waals surface area (Å²) in [5.74, 6) is 0. The zero-order valence-corrected chi connectivity index (χ0v) is 5.86. The average molecular weight is 123 g/mol. The molecule has 0 spiro atoms. The van der Waals surface area contributed by atoms with Crippen molar-refractivity contribution in [3.05, 3.63) is 17.5 Å². The Kier molecular flexibility index (Phi) is 1.88. The molecule has 0 saturated heterocycles. The van der Waals surface area contributed by atoms with Crippen molar-refractivity contribution in [3.8, 4) is 0 Å². The molecule has 2 heteroatoms. The highest BCUT2D eigenvalue weighted by molar-refractivity contribution is 5.05. The van der Waals surface area contributed by atoms with E-state index >= 15 is 0 Å². The Bertz CT molecular complexity index is 160. The first kappa shape index (κ1) is 6.33. The fourth-order valence-corrected chi connectivity index (χ4v) is 0.700. The molecule has 0 aliphatic carbocycles. The standard InChI is InChI=1S/C7H11N2/c1-3-6-5-7(4-2)9-8-6/h3-4H2,1-2H3,(H,8,9). The van der Waals surface area contributed by atoms with Gasteiger partial charge >= 0.3 is 0 Å². The van der Waals surface area contributed by atoms with Gasteiger partial charge in [0.15, 0.2) is 0 Å². The summed E-state index contributed by atoms with van der Waals surface area (Å²) in [5, 5.41) is 6.93. The third-order valence-electron chi connectivity index (χ3n) is 1.31. The van der Waals surface area contributed by atoms with Gasteiger partial charge in [-0.15, -0.1) is 0 Å². The molecule has 0 atom stereocenters. The van der Waals surface area contributed by atoms with Gasteiger partial charge in [-0.3, -0.25) is 5.10 Å². The normalized spacial score (nSPS) is 10.0. The fourth-order valence-electron chi connectivity index (χ4n) is 0.700. The monoisotopic (exact) mass is 123 g/mol. The molecule has 1 rings (SSSR count). The van der Waals surface area contributed by atoms with Crippen LogP contribution in [0, 0.1) is 6.07 Å². The van der Waals surface area contributed by atoms with Crippen LogP contribution in [0.4, 0.5) is 0 Å². The number of hydrogen-bond acceptors (Lipinski definition) is 1. The molecule has 0 saturated carbocycles. The Labute approximate surface area is 55.3 Å². The summed E-state index contributed by atoms with van der Waals surface area (Å²) in [6.45, 7) is 4.16. The van der Waals surface area contributed by atoms with E-state index in [9.17, 15) is 0 Å². The predicted octanol–water partition coefficient (Wildman–Crippen LogP) is 1.33. The molecule has 1 N–H and O–H groups in total. The first-order valence-corrected chi connectivity index (χ1v) is 3.32. The summed E-state index contributed by atoms with van der Waals surface area (Å²) < 4.78 is 0. The molecule has 2 nitrogen and oxygen atoms in total. The largest absolute Gasteiger partial charge is 0.282 e. The van der Waals surface area contributed by atoms with Gasteiger partial charge in [0, 0.05) is 11.8 Å². The van der Waals surface area contributed by atoms with Gasteiger partial charge in [-0.05, 0) is 12.8 Å². The Morgan fingerprint density at radius 2 is 2.22 bits per heavy atom. The number of nitrogens with zero attached hydrogens (tertiary/aromatic N) is 1. The number of aryl methyl sites for hydroxylation is 2. The van der Waals surface area contributed by atoms with Crippen molar-refractivity contribution < 1.29 is 0 Å². The van der Waals surface area contributed by atoms with Crippen LogP contribution in [0.25, 0.3) is 0 Å². The van der Waals surface area contributed by atoms with Crippen molar-refractivity contribution in [1.29, 1.82) is 0 Å². The molecule has 1 heterocycles. The molecular weight excluding hydrogens is 112 g/mol. The van der Waals surface area contributed by atoms with E-state index in [2.05, 4.69) is 30.1 Å². The maximum absolute atomic E-state index is 4.02. The molecule has 0 bridgehead atoms. The molecule has 1 aromatic heterocycles. The summed E-state index contributed by atoms with van der Waals surface area (Å²) in [5.41, 5.74) is 2.14. The Balaban J connectivity index is 2.74. The lowest BCUT2D eigenvalue weighted by molar-refractivity contribution is 0.936. The molecule has 9 heavy (non-hydrogen) atoms. The quantitative estimate of drug-likeness (QED) is 0.631. The zero-order valence-electron chi connectivity index (χ0n) is 5.86. The summed E-state index contributed by atoms with van der Waals surface area (Å²) in [7, 11) is 0. The number of hydrogen-bond donors (Lipinski definition) is 1. The number of H-pyrrole nitrogens is 1. The average Bonchev–Trinajstić information content (AvgIpc) is 2.34. The zero-order chi connectivity index (χ0) is 6.69. The molecule has 0 unspecified atom stereocenters. The van der Waals surface area contributed by atoms with Crippen LogP contribution in [0.2, 0.25) is 0 Å². The molecule has 0 fully saturated rings. The minimum atomic E-state index is 0.969. The van der Waals surface area contributed by atoms with Gasteiger partial charge < -0.3 is 0 Å². The van der Waals surface area contributed by atoms with Gasteiger partial charge in [0.2, 0.25) is 0 Å². The van der Waals surface area contributed by atoms with Crippen LogP contribution in [0.1, 0.15) is 25.2 Å². The highest BCUT2D eigenvalue weighted by atomic mass is 15.1. The lowest BCUT2D eigenvalue weighted by atomic mass is 10.3. The van der Waals surface area contributed by atoms with E-state index in [1.807, 2.05) is 0 Å². The Hall–Kier alpha value is -0.790. The van der Waals surface area contributed by atoms with Crippen molar-refractivity contribution in [3.63, 3.8) is 0 Å². The first-order valence-electron chi connectivity index (χ1n) is 3.32. The van der Waals surface area contributed by atoms with Gasteiger partial charge in [-0.2, -0.15) is 5.10 Å². The molecule has 1 radical (unpaired) electrons. The van der Waals surface area contributed by atoms with E-state index in [0.717, 1.165) is 24.2 Å². The minimum absolute atomic E-state index is 0.969. The van der Waals surface area contributed by atoms with Gasteiger partial charge in [-0.25, -0.2) is 0 Å². The van der Waals surface area contributed by atoms with Crippen LogP contribution in [0.15, 0.2) is 0 Å². The van der Waals surface area contributed by atoms with Crippen molar-refractivity contribution >= 4 is 0 Å². The lowest BCUT2D eigenvalue weighted by Crippen LogP contribution is -1.77. The molecule has 0 amide bonds. The van der Waals surface area contributed by atoms with Crippen LogP contribution in [-0.4, -0.2) is 10.2 Å². The summed E-state index contributed by atoms with van der Waals surface area (Å²) >= 11 is 0. The highest BCUT2D eigenvalue weighted by Crippen LogP contribution is 1.98. The van der Waals surface area contributed by atoms with Crippen LogP contribution < -0.4 is 0 Å². The Morgan fingerprint density at radius 1 is 1.44 bits per heavy atom. The second-order valence-corrected chi connectivity index (χ2v) is 1.98. The first-order chi connectivity index (χ1) is 4.36. The van der Waals surface area contributed by atoms with Crippen LogP contribution in [-0.2, 0) is 12.8 Å². The molecular formula is C7H11N2. The smallest absolute Gasteiger partial charge is 0.0702 e. The maximum Gasteiger partial charge on any atom is 0.0702 e. The second-order valence-electron chi connectivity index (χ2n) is 1.98. The van der Waals surface area contributed by atoms with Crippen molar-refractivity contribution in [2.45, 2.75) is 26.7 Å². The molecule has 1 aromatic rings. The topological polar surface area (TPSA) is 28.7 Å². The summed E-state index contributed by atoms with van der Waals surface area (Å²) in [4.78, 5) is 0. The summed E-state index contributed by atoms with van der Waals surface area (Å²) in [6, 6.07) is 3.15. The van der Waals surface area contributed by atoms with Gasteiger partial charge in [0.1, 0.15) is 0 Å². The van der Waals surface area contributed by atoms with E-state index in [1.54, 1.807) is 0 Å². The number of aromatic amines is 1. The van der Waals surface area contributed by atoms with Gasteiger partial charge in [-0.1, -0.05) is 13.8 Å². The molecule has 49 valence electrons. The molecule has 0 aliphatic heterocycles. The number of aromatic nitrogens is 2.